The van der Waals surface area contributed by atoms with Crippen LogP contribution in [-0.2, 0) is 15.3 Å². The molecule has 3 aliphatic carbocycles. The maximum atomic E-state index is 14.1. The van der Waals surface area contributed by atoms with Crippen molar-refractivity contribution >= 4 is 16.6 Å². The first-order valence-electron chi connectivity index (χ1n) is 18.6. The number of allylic oxidation sites excluding steroid dienone is 1. The van der Waals surface area contributed by atoms with Crippen molar-refractivity contribution in [3.8, 4) is 5.75 Å². The summed E-state index contributed by atoms with van der Waals surface area (Å²) in [6, 6.07) is 6.41. The summed E-state index contributed by atoms with van der Waals surface area (Å²) >= 11 is 0. The first-order chi connectivity index (χ1) is 22.8. The number of alkyl halides is 6. The molecule has 0 radical (unpaired) electrons. The van der Waals surface area contributed by atoms with E-state index in [0.717, 1.165) is 50.7 Å². The van der Waals surface area contributed by atoms with Crippen molar-refractivity contribution in [1.82, 2.24) is 0 Å². The first kappa shape index (κ1) is 41.4. The molecule has 2 saturated carbocycles. The van der Waals surface area contributed by atoms with E-state index in [1.54, 1.807) is 7.11 Å². The summed E-state index contributed by atoms with van der Waals surface area (Å²) in [5.41, 5.74) is -1.69. The maximum absolute atomic E-state index is 14.1. The molecule has 0 saturated heterocycles. The number of halogens is 6. The Hall–Kier alpha value is -1.31. The van der Waals surface area contributed by atoms with Crippen LogP contribution in [0.4, 0.5) is 26.3 Å². The zero-order valence-electron chi connectivity index (χ0n) is 32.1. The Bertz CT molecular complexity index is 1330. The number of methoxy groups -OCH3 is 1. The highest BCUT2D eigenvalue weighted by Crippen LogP contribution is 2.70. The predicted molar refractivity (Wildman–Crippen MR) is 195 cm³/mol. The summed E-state index contributed by atoms with van der Waals surface area (Å²) in [4.78, 5) is 0. The third-order valence-electron chi connectivity index (χ3n) is 13.0. The zero-order valence-corrected chi connectivity index (χ0v) is 34.1. The quantitative estimate of drug-likeness (QED) is 0.0870. The third-order valence-corrected chi connectivity index (χ3v) is 18.5. The molecule has 50 heavy (non-hydrogen) atoms. The van der Waals surface area contributed by atoms with Crippen LogP contribution in [0.25, 0.3) is 0 Å². The van der Waals surface area contributed by atoms with Gasteiger partial charge in [-0.2, -0.15) is 26.3 Å². The highest BCUT2D eigenvalue weighted by molar-refractivity contribution is 6.74. The molecule has 4 rings (SSSR count). The van der Waals surface area contributed by atoms with E-state index in [1.165, 1.54) is 30.8 Å². The third kappa shape index (κ3) is 7.68. The molecule has 0 bridgehead atoms. The number of rotatable bonds is 13. The van der Waals surface area contributed by atoms with Gasteiger partial charge in [0.1, 0.15) is 5.75 Å². The molecule has 0 amide bonds. The van der Waals surface area contributed by atoms with Gasteiger partial charge in [-0.05, 0) is 141 Å². The largest absolute Gasteiger partial charge is 0.497 e. The lowest BCUT2D eigenvalue weighted by atomic mass is 9.44. The number of aryl methyl sites for hydroxylation is 1. The van der Waals surface area contributed by atoms with E-state index >= 15 is 0 Å². The average Bonchev–Trinajstić information content (AvgIpc) is 3.30. The second-order valence-electron chi connectivity index (χ2n) is 18.3. The molecule has 0 spiro atoms. The highest BCUT2D eigenvalue weighted by atomic mass is 28.4. The molecular weight excluding hydrogens is 687 g/mol. The second-order valence-corrected chi connectivity index (χ2v) is 27.5. The molecule has 0 aliphatic heterocycles. The molecule has 0 aromatic heterocycles. The van der Waals surface area contributed by atoms with Gasteiger partial charge in [-0.15, -0.1) is 6.58 Å². The van der Waals surface area contributed by atoms with Gasteiger partial charge in [0, 0.05) is 0 Å². The van der Waals surface area contributed by atoms with E-state index in [9.17, 15) is 26.3 Å². The molecule has 2 fully saturated rings. The summed E-state index contributed by atoms with van der Waals surface area (Å²) in [6.45, 7) is 22.5. The van der Waals surface area contributed by atoms with Gasteiger partial charge in [-0.1, -0.05) is 59.1 Å². The van der Waals surface area contributed by atoms with Gasteiger partial charge in [-0.3, -0.25) is 0 Å². The minimum absolute atomic E-state index is 0.0674. The Morgan fingerprint density at radius 2 is 1.54 bits per heavy atom. The smallest absolute Gasteiger partial charge is 0.425 e. The van der Waals surface area contributed by atoms with Crippen molar-refractivity contribution in [1.29, 1.82) is 0 Å². The van der Waals surface area contributed by atoms with Crippen LogP contribution in [0.2, 0.25) is 37.8 Å². The Balaban J connectivity index is 1.59. The second kappa shape index (κ2) is 14.2. The summed E-state index contributed by atoms with van der Waals surface area (Å²) < 4.78 is 102. The molecule has 1 aromatic carbocycles. The lowest BCUT2D eigenvalue weighted by Gasteiger charge is -2.61. The summed E-state index contributed by atoms with van der Waals surface area (Å²) in [6.07, 6.45) is -2.66. The Labute approximate surface area is 299 Å². The molecule has 1 unspecified atom stereocenters. The van der Waals surface area contributed by atoms with E-state index in [-0.39, 0.29) is 46.6 Å². The normalized spacial score (nSPS) is 29.3. The summed E-state index contributed by atoms with van der Waals surface area (Å²) in [5, 5.41) is 0.0763. The van der Waals surface area contributed by atoms with Crippen LogP contribution in [0.15, 0.2) is 30.9 Å². The van der Waals surface area contributed by atoms with Crippen molar-refractivity contribution in [2.24, 2.45) is 22.7 Å². The molecule has 3 aliphatic rings. The molecule has 286 valence electrons. The van der Waals surface area contributed by atoms with Crippen molar-refractivity contribution < 1.29 is 39.9 Å². The van der Waals surface area contributed by atoms with Crippen molar-refractivity contribution in [3.05, 3.63) is 42.0 Å². The molecule has 11 heteroatoms. The van der Waals surface area contributed by atoms with E-state index in [1.807, 2.05) is 6.07 Å². The van der Waals surface area contributed by atoms with Gasteiger partial charge < -0.3 is 13.6 Å². The van der Waals surface area contributed by atoms with Crippen LogP contribution in [0.3, 0.4) is 0 Å². The first-order valence-corrected chi connectivity index (χ1v) is 24.9. The van der Waals surface area contributed by atoms with Crippen molar-refractivity contribution in [3.63, 3.8) is 0 Å². The minimum Gasteiger partial charge on any atom is -0.497 e. The van der Waals surface area contributed by atoms with Crippen molar-refractivity contribution in [2.75, 3.05) is 7.11 Å². The monoisotopic (exact) mass is 748 g/mol. The fraction of sp³-hybridized carbons (Fsp3) is 0.795. The highest BCUT2D eigenvalue weighted by Gasteiger charge is 2.72. The molecular formula is C39H62F6O3Si2. The maximum Gasteiger partial charge on any atom is 0.425 e. The topological polar surface area (TPSA) is 27.7 Å². The Kier molecular flexibility index (Phi) is 11.7. The van der Waals surface area contributed by atoms with Crippen LogP contribution < -0.4 is 4.74 Å². The van der Waals surface area contributed by atoms with Crippen LogP contribution in [-0.4, -0.2) is 47.8 Å². The lowest BCUT2D eigenvalue weighted by molar-refractivity contribution is -0.362. The van der Waals surface area contributed by atoms with Crippen LogP contribution in [0.1, 0.15) is 109 Å². The molecule has 3 nitrogen and oxygen atoms in total. The van der Waals surface area contributed by atoms with Gasteiger partial charge in [-0.25, -0.2) is 0 Å². The van der Waals surface area contributed by atoms with Gasteiger partial charge in [0.2, 0.25) is 5.60 Å². The number of hydrogen-bond acceptors (Lipinski definition) is 3. The van der Waals surface area contributed by atoms with E-state index < -0.39 is 41.0 Å². The SMILES string of the molecule is C=CC12CCc3cc(OC)ccc3[C@H]1[C@@H](CCCCCCC(O[Si](C)(C)C)(C(F)(F)F)C(F)(F)F)C[C@]1(C)[C@@H](O[Si](C)(C)C(C)(C)C)CC[C@@H]21. The number of fused-ring (bicyclic) bond motifs is 5. The average molecular weight is 749 g/mol. The van der Waals surface area contributed by atoms with Crippen molar-refractivity contribution in [2.45, 2.75) is 166 Å². The molecule has 0 heterocycles. The summed E-state index contributed by atoms with van der Waals surface area (Å²) in [5.74, 6) is 1.74. The van der Waals surface area contributed by atoms with Gasteiger partial charge in [0.25, 0.3) is 0 Å². The summed E-state index contributed by atoms with van der Waals surface area (Å²) in [7, 11) is -3.57. The van der Waals surface area contributed by atoms with Crippen LogP contribution in [0.5, 0.6) is 5.75 Å². The number of hydrogen-bond donors (Lipinski definition) is 0. The van der Waals surface area contributed by atoms with Gasteiger partial charge >= 0.3 is 12.4 Å². The minimum atomic E-state index is -5.55. The standard InChI is InChI=1S/C39H62F6O3Si2/c1-12-36-24-22-27-25-29(46-6)18-19-30(27)33(36)28(26-35(5)31(36)20-21-32(35)47-50(10,11)34(2,3)4)17-15-13-14-16-23-37(38(40,41)42,39(43,44)45)48-49(7,8)9/h12,18-19,25,28,31-33H,1,13-17,20-24,26H2,2-11H3/t28-,31+,32-,33+,35-,36?/m0/s1. The Morgan fingerprint density at radius 1 is 0.920 bits per heavy atom. The van der Waals surface area contributed by atoms with Crippen LogP contribution >= 0.6 is 0 Å². The van der Waals surface area contributed by atoms with E-state index in [4.69, 9.17) is 13.6 Å². The van der Waals surface area contributed by atoms with Gasteiger partial charge in [0.05, 0.1) is 13.2 Å². The van der Waals surface area contributed by atoms with E-state index in [0.29, 0.717) is 12.3 Å². The zero-order chi connectivity index (χ0) is 37.8. The molecule has 6 atom stereocenters. The number of unbranched alkanes of at least 4 members (excludes halogenated alkanes) is 3. The predicted octanol–water partition coefficient (Wildman–Crippen LogP) is 12.8. The molecule has 1 aromatic rings. The van der Waals surface area contributed by atoms with Crippen LogP contribution in [0, 0.1) is 22.7 Å². The number of benzene rings is 1. The van der Waals surface area contributed by atoms with E-state index in [2.05, 4.69) is 65.6 Å². The fourth-order valence-corrected chi connectivity index (χ4v) is 12.6. The van der Waals surface area contributed by atoms with Gasteiger partial charge in [0.15, 0.2) is 16.6 Å². The lowest BCUT2D eigenvalue weighted by Crippen LogP contribution is -2.62. The Morgan fingerprint density at radius 3 is 2.08 bits per heavy atom. The number of ether oxygens (including phenoxy) is 1. The fourth-order valence-electron chi connectivity index (χ4n) is 9.78. The molecule has 0 N–H and O–H groups in total.